The molecule has 0 spiro atoms. The van der Waals surface area contributed by atoms with Crippen molar-refractivity contribution in [2.75, 3.05) is 12.8 Å². The minimum absolute atomic E-state index is 0.704. The summed E-state index contributed by atoms with van der Waals surface area (Å²) in [5.41, 5.74) is 2.13. The normalized spacial score (nSPS) is 12.9. The fourth-order valence-electron chi connectivity index (χ4n) is 1.82. The Balaban J connectivity index is 2.53. The van der Waals surface area contributed by atoms with Gasteiger partial charge in [0.25, 0.3) is 0 Å². The highest BCUT2D eigenvalue weighted by Gasteiger charge is 2.13. The number of aryl methyl sites for hydroxylation is 2. The molecule has 0 aromatic carbocycles. The molecule has 0 radical (unpaired) electrons. The molecule has 1 heterocycles. The van der Waals surface area contributed by atoms with Gasteiger partial charge in [0.1, 0.15) is 0 Å². The second-order valence-corrected chi connectivity index (χ2v) is 6.04. The van der Waals surface area contributed by atoms with Crippen molar-refractivity contribution < 1.29 is 0 Å². The summed E-state index contributed by atoms with van der Waals surface area (Å²) in [6.45, 7) is 9.14. The number of nitrogens with zero attached hydrogens (tertiary/aromatic N) is 2. The third-order valence-corrected chi connectivity index (χ3v) is 4.59. The number of hydrogen-bond donors (Lipinski definition) is 1. The zero-order valence-corrected chi connectivity index (χ0v) is 13.4. The lowest BCUT2D eigenvalue weighted by Crippen LogP contribution is -2.20. The van der Waals surface area contributed by atoms with Crippen molar-refractivity contribution in [3.8, 4) is 0 Å². The van der Waals surface area contributed by atoms with Gasteiger partial charge in [0.2, 0.25) is 0 Å². The number of nitrogens with one attached hydrogen (secondary N) is 1. The maximum atomic E-state index is 6.35. The molecule has 0 aliphatic carbocycles. The van der Waals surface area contributed by atoms with Crippen LogP contribution in [0.5, 0.6) is 0 Å². The molecule has 0 saturated heterocycles. The molecular formula is C13H24ClN3S. The highest BCUT2D eigenvalue weighted by atomic mass is 35.5. The van der Waals surface area contributed by atoms with Crippen LogP contribution in [0.25, 0.3) is 0 Å². The van der Waals surface area contributed by atoms with Crippen molar-refractivity contribution in [1.29, 1.82) is 0 Å². The molecule has 0 fully saturated rings. The Bertz CT molecular complexity index is 365. The fourth-order valence-corrected chi connectivity index (χ4v) is 2.51. The van der Waals surface area contributed by atoms with Crippen LogP contribution >= 0.6 is 23.4 Å². The van der Waals surface area contributed by atoms with Gasteiger partial charge in [0.15, 0.2) is 0 Å². The van der Waals surface area contributed by atoms with Crippen LogP contribution in [0.2, 0.25) is 5.02 Å². The number of hydrogen-bond acceptors (Lipinski definition) is 3. The van der Waals surface area contributed by atoms with Crippen LogP contribution in [0, 0.1) is 0 Å². The van der Waals surface area contributed by atoms with Crippen LogP contribution in [-0.4, -0.2) is 27.8 Å². The largest absolute Gasteiger partial charge is 0.311 e. The third kappa shape index (κ3) is 4.18. The van der Waals surface area contributed by atoms with Gasteiger partial charge in [-0.05, 0) is 32.6 Å². The van der Waals surface area contributed by atoms with E-state index in [1.54, 1.807) is 0 Å². The van der Waals surface area contributed by atoms with Crippen molar-refractivity contribution in [3.63, 3.8) is 0 Å². The number of halogens is 1. The molecule has 0 saturated carbocycles. The maximum absolute atomic E-state index is 6.35. The first kappa shape index (κ1) is 15.9. The molecule has 5 heteroatoms. The summed E-state index contributed by atoms with van der Waals surface area (Å²) in [6.07, 6.45) is 4.23. The van der Waals surface area contributed by atoms with Crippen LogP contribution in [0.3, 0.4) is 0 Å². The zero-order chi connectivity index (χ0) is 13.5. The van der Waals surface area contributed by atoms with Gasteiger partial charge < -0.3 is 5.32 Å². The van der Waals surface area contributed by atoms with Gasteiger partial charge in [-0.25, -0.2) is 0 Å². The lowest BCUT2D eigenvalue weighted by molar-refractivity contribution is 0.570. The Labute approximate surface area is 120 Å². The second kappa shape index (κ2) is 8.08. The monoisotopic (exact) mass is 289 g/mol. The molecule has 1 atom stereocenters. The van der Waals surface area contributed by atoms with Gasteiger partial charge >= 0.3 is 0 Å². The molecule has 0 bridgehead atoms. The fraction of sp³-hybridized carbons (Fsp3) is 0.769. The van der Waals surface area contributed by atoms with Crippen LogP contribution in [0.1, 0.15) is 38.6 Å². The highest BCUT2D eigenvalue weighted by molar-refractivity contribution is 7.99. The summed E-state index contributed by atoms with van der Waals surface area (Å²) in [7, 11) is 0. The molecule has 0 amide bonds. The Morgan fingerprint density at radius 2 is 2.17 bits per heavy atom. The summed E-state index contributed by atoms with van der Waals surface area (Å²) in [4.78, 5) is 0. The van der Waals surface area contributed by atoms with Crippen molar-refractivity contribution >= 4 is 23.4 Å². The highest BCUT2D eigenvalue weighted by Crippen LogP contribution is 2.21. The van der Waals surface area contributed by atoms with Gasteiger partial charge in [-0.15, -0.1) is 0 Å². The van der Waals surface area contributed by atoms with Crippen molar-refractivity contribution in [2.45, 2.75) is 52.0 Å². The van der Waals surface area contributed by atoms with Crippen LogP contribution in [0.15, 0.2) is 0 Å². The number of thioether (sulfide) groups is 1. The maximum Gasteiger partial charge on any atom is 0.0863 e. The summed E-state index contributed by atoms with van der Waals surface area (Å²) >= 11 is 8.26. The van der Waals surface area contributed by atoms with Gasteiger partial charge in [-0.2, -0.15) is 16.9 Å². The molecule has 18 heavy (non-hydrogen) atoms. The predicted molar refractivity (Wildman–Crippen MR) is 81.6 cm³/mol. The Morgan fingerprint density at radius 3 is 2.72 bits per heavy atom. The van der Waals surface area contributed by atoms with E-state index in [9.17, 15) is 0 Å². The van der Waals surface area contributed by atoms with Gasteiger partial charge in [-0.3, -0.25) is 4.68 Å². The lowest BCUT2D eigenvalue weighted by atomic mass is 10.3. The summed E-state index contributed by atoms with van der Waals surface area (Å²) < 4.78 is 2.01. The first-order valence-electron chi connectivity index (χ1n) is 6.61. The molecule has 1 unspecified atom stereocenters. The van der Waals surface area contributed by atoms with Crippen molar-refractivity contribution in [2.24, 2.45) is 0 Å². The van der Waals surface area contributed by atoms with Crippen molar-refractivity contribution in [1.82, 2.24) is 15.1 Å². The standard InChI is InChI=1S/C13H24ClN3S/c1-5-11-13(14)12(17(6-2)16-11)9-15-8-7-10(3)18-4/h10,15H,5-9H2,1-4H3. The number of aromatic nitrogens is 2. The SMILES string of the molecule is CCc1nn(CC)c(CNCCC(C)SC)c1Cl. The summed E-state index contributed by atoms with van der Waals surface area (Å²) in [6, 6.07) is 0. The quantitative estimate of drug-likeness (QED) is 0.744. The molecular weight excluding hydrogens is 266 g/mol. The van der Waals surface area contributed by atoms with Crippen molar-refractivity contribution in [3.05, 3.63) is 16.4 Å². The van der Waals surface area contributed by atoms with Crippen LogP contribution < -0.4 is 5.32 Å². The molecule has 1 N–H and O–H groups in total. The molecule has 1 aromatic heterocycles. The van der Waals surface area contributed by atoms with E-state index in [0.717, 1.165) is 42.5 Å². The molecule has 0 aliphatic heterocycles. The average Bonchev–Trinajstić information content (AvgIpc) is 2.70. The van der Waals surface area contributed by atoms with E-state index in [-0.39, 0.29) is 0 Å². The average molecular weight is 290 g/mol. The summed E-state index contributed by atoms with van der Waals surface area (Å²) in [5, 5.41) is 9.52. The van der Waals surface area contributed by atoms with Crippen LogP contribution in [-0.2, 0) is 19.5 Å². The van der Waals surface area contributed by atoms with E-state index >= 15 is 0 Å². The van der Waals surface area contributed by atoms with E-state index < -0.39 is 0 Å². The topological polar surface area (TPSA) is 29.9 Å². The Hall–Kier alpha value is -0.190. The Morgan fingerprint density at radius 1 is 1.44 bits per heavy atom. The molecule has 1 aromatic rings. The van der Waals surface area contributed by atoms with Gasteiger partial charge in [0.05, 0.1) is 16.4 Å². The minimum Gasteiger partial charge on any atom is -0.311 e. The number of rotatable bonds is 8. The van der Waals surface area contributed by atoms with Crippen LogP contribution in [0.4, 0.5) is 0 Å². The smallest absolute Gasteiger partial charge is 0.0863 e. The van der Waals surface area contributed by atoms with E-state index in [2.05, 4.69) is 37.4 Å². The molecule has 1 rings (SSSR count). The Kier molecular flexibility index (Phi) is 7.12. The lowest BCUT2D eigenvalue weighted by Gasteiger charge is -2.10. The van der Waals surface area contributed by atoms with E-state index in [1.165, 1.54) is 6.42 Å². The first-order chi connectivity index (χ1) is 8.63. The summed E-state index contributed by atoms with van der Waals surface area (Å²) in [5.74, 6) is 0. The second-order valence-electron chi connectivity index (χ2n) is 4.39. The van der Waals surface area contributed by atoms with E-state index in [4.69, 9.17) is 11.6 Å². The molecule has 3 nitrogen and oxygen atoms in total. The zero-order valence-electron chi connectivity index (χ0n) is 11.8. The predicted octanol–water partition coefficient (Wildman–Crippen LogP) is 3.35. The minimum atomic E-state index is 0.704. The van der Waals surface area contributed by atoms with E-state index in [0.29, 0.717) is 5.25 Å². The van der Waals surface area contributed by atoms with E-state index in [1.807, 2.05) is 16.4 Å². The van der Waals surface area contributed by atoms with Gasteiger partial charge in [0, 0.05) is 18.3 Å². The van der Waals surface area contributed by atoms with Gasteiger partial charge in [-0.1, -0.05) is 25.4 Å². The molecule has 104 valence electrons. The first-order valence-corrected chi connectivity index (χ1v) is 8.28. The molecule has 0 aliphatic rings. The third-order valence-electron chi connectivity index (χ3n) is 3.12.